The molecule has 2 heterocycles. The summed E-state index contributed by atoms with van der Waals surface area (Å²) in [5.74, 6) is 0.766. The highest BCUT2D eigenvalue weighted by atomic mass is 16.5. The first kappa shape index (κ1) is 15.0. The summed E-state index contributed by atoms with van der Waals surface area (Å²) in [6.07, 6.45) is 3.83. The SMILES string of the molecule is CCC1CN(CC2OCCc3ccccc32)CCC1NC. The zero-order chi connectivity index (χ0) is 14.7. The van der Waals surface area contributed by atoms with Crippen molar-refractivity contribution in [2.24, 2.45) is 5.92 Å². The van der Waals surface area contributed by atoms with Crippen LogP contribution in [0.4, 0.5) is 0 Å². The number of ether oxygens (including phenoxy) is 1. The number of nitrogens with zero attached hydrogens (tertiary/aromatic N) is 1. The fraction of sp³-hybridized carbons (Fsp3) is 0.667. The van der Waals surface area contributed by atoms with Crippen molar-refractivity contribution in [3.05, 3.63) is 35.4 Å². The van der Waals surface area contributed by atoms with Gasteiger partial charge in [-0.05, 0) is 43.5 Å². The molecule has 3 unspecified atom stereocenters. The van der Waals surface area contributed by atoms with Gasteiger partial charge in [0.1, 0.15) is 0 Å². The van der Waals surface area contributed by atoms with Crippen LogP contribution in [0.3, 0.4) is 0 Å². The summed E-state index contributed by atoms with van der Waals surface area (Å²) in [7, 11) is 2.10. The van der Waals surface area contributed by atoms with E-state index in [0.717, 1.165) is 25.5 Å². The molecule has 3 atom stereocenters. The minimum absolute atomic E-state index is 0.263. The molecule has 0 saturated carbocycles. The van der Waals surface area contributed by atoms with E-state index in [1.54, 1.807) is 0 Å². The Morgan fingerprint density at radius 1 is 1.33 bits per heavy atom. The van der Waals surface area contributed by atoms with Crippen molar-refractivity contribution in [1.29, 1.82) is 0 Å². The highest BCUT2D eigenvalue weighted by Gasteiger charge is 2.30. The van der Waals surface area contributed by atoms with Crippen LogP contribution < -0.4 is 5.32 Å². The molecule has 0 amide bonds. The number of fused-ring (bicyclic) bond motifs is 1. The Bertz CT molecular complexity index is 462. The predicted octanol–water partition coefficient (Wildman–Crippen LogP) is 2.62. The minimum atomic E-state index is 0.263. The minimum Gasteiger partial charge on any atom is -0.372 e. The molecule has 0 bridgehead atoms. The number of nitrogens with one attached hydrogen (secondary N) is 1. The standard InChI is InChI=1S/C18H28N2O/c1-3-14-12-20(10-8-17(14)19-2)13-18-16-7-5-4-6-15(16)9-11-21-18/h4-7,14,17-19H,3,8-13H2,1-2H3. The second-order valence-electron chi connectivity index (χ2n) is 6.42. The van der Waals surface area contributed by atoms with E-state index in [-0.39, 0.29) is 6.10 Å². The molecule has 0 spiro atoms. The molecule has 2 aliphatic rings. The van der Waals surface area contributed by atoms with Crippen LogP contribution in [0, 0.1) is 5.92 Å². The predicted molar refractivity (Wildman–Crippen MR) is 86.5 cm³/mol. The smallest absolute Gasteiger partial charge is 0.0954 e. The third-order valence-corrected chi connectivity index (χ3v) is 5.23. The molecule has 21 heavy (non-hydrogen) atoms. The number of hydrogen-bond acceptors (Lipinski definition) is 3. The summed E-state index contributed by atoms with van der Waals surface area (Å²) >= 11 is 0. The van der Waals surface area contributed by atoms with Crippen molar-refractivity contribution in [3.8, 4) is 0 Å². The van der Waals surface area contributed by atoms with Gasteiger partial charge < -0.3 is 15.0 Å². The molecule has 1 N–H and O–H groups in total. The molecule has 1 aromatic rings. The molecule has 3 nitrogen and oxygen atoms in total. The molecule has 3 heteroatoms. The Morgan fingerprint density at radius 2 is 2.19 bits per heavy atom. The lowest BCUT2D eigenvalue weighted by atomic mass is 9.89. The molecule has 0 radical (unpaired) electrons. The van der Waals surface area contributed by atoms with Crippen molar-refractivity contribution in [1.82, 2.24) is 10.2 Å². The average molecular weight is 288 g/mol. The topological polar surface area (TPSA) is 24.5 Å². The molecule has 1 aromatic carbocycles. The van der Waals surface area contributed by atoms with Crippen molar-refractivity contribution < 1.29 is 4.74 Å². The van der Waals surface area contributed by atoms with E-state index in [2.05, 4.69) is 48.5 Å². The summed E-state index contributed by atoms with van der Waals surface area (Å²) in [5, 5.41) is 3.49. The van der Waals surface area contributed by atoms with Gasteiger partial charge in [0, 0.05) is 19.1 Å². The number of rotatable bonds is 4. The maximum Gasteiger partial charge on any atom is 0.0954 e. The third-order valence-electron chi connectivity index (χ3n) is 5.23. The van der Waals surface area contributed by atoms with Crippen LogP contribution in [0.1, 0.15) is 37.0 Å². The Hall–Kier alpha value is -0.900. The van der Waals surface area contributed by atoms with Crippen LogP contribution in [0.2, 0.25) is 0 Å². The maximum atomic E-state index is 6.07. The molecule has 1 fully saturated rings. The van der Waals surface area contributed by atoms with Crippen molar-refractivity contribution in [2.45, 2.75) is 38.3 Å². The largest absolute Gasteiger partial charge is 0.372 e. The molecule has 2 aliphatic heterocycles. The van der Waals surface area contributed by atoms with Gasteiger partial charge in [0.25, 0.3) is 0 Å². The molecular formula is C18H28N2O. The van der Waals surface area contributed by atoms with Gasteiger partial charge in [-0.2, -0.15) is 0 Å². The summed E-state index contributed by atoms with van der Waals surface area (Å²) in [6.45, 7) is 6.61. The number of likely N-dealkylation sites (tertiary alicyclic amines) is 1. The van der Waals surface area contributed by atoms with E-state index in [9.17, 15) is 0 Å². The zero-order valence-electron chi connectivity index (χ0n) is 13.3. The van der Waals surface area contributed by atoms with Gasteiger partial charge in [0.15, 0.2) is 0 Å². The highest BCUT2D eigenvalue weighted by molar-refractivity contribution is 5.31. The Labute approximate surface area is 128 Å². The van der Waals surface area contributed by atoms with E-state index < -0.39 is 0 Å². The zero-order valence-corrected chi connectivity index (χ0v) is 13.3. The maximum absolute atomic E-state index is 6.07. The third kappa shape index (κ3) is 3.31. The molecule has 1 saturated heterocycles. The van der Waals surface area contributed by atoms with Gasteiger partial charge >= 0.3 is 0 Å². The molecule has 0 aliphatic carbocycles. The summed E-state index contributed by atoms with van der Waals surface area (Å²) in [5.41, 5.74) is 2.89. The van der Waals surface area contributed by atoms with E-state index in [1.165, 1.54) is 37.1 Å². The normalized spacial score (nSPS) is 30.1. The first-order valence-electron chi connectivity index (χ1n) is 8.40. The fourth-order valence-electron chi connectivity index (χ4n) is 3.93. The van der Waals surface area contributed by atoms with Crippen LogP contribution in [-0.2, 0) is 11.2 Å². The van der Waals surface area contributed by atoms with Crippen molar-refractivity contribution >= 4 is 0 Å². The average Bonchev–Trinajstić information content (AvgIpc) is 2.55. The second kappa shape index (κ2) is 6.91. The lowest BCUT2D eigenvalue weighted by molar-refractivity contribution is 0.00302. The molecule has 116 valence electrons. The molecular weight excluding hydrogens is 260 g/mol. The van der Waals surface area contributed by atoms with Crippen molar-refractivity contribution in [2.75, 3.05) is 33.3 Å². The molecule has 0 aromatic heterocycles. The van der Waals surface area contributed by atoms with E-state index >= 15 is 0 Å². The van der Waals surface area contributed by atoms with E-state index in [0.29, 0.717) is 6.04 Å². The highest BCUT2D eigenvalue weighted by Crippen LogP contribution is 2.29. The number of piperidine rings is 1. The fourth-order valence-corrected chi connectivity index (χ4v) is 3.93. The van der Waals surface area contributed by atoms with Gasteiger partial charge in [-0.1, -0.05) is 37.6 Å². The van der Waals surface area contributed by atoms with Crippen LogP contribution in [0.15, 0.2) is 24.3 Å². The summed E-state index contributed by atoms with van der Waals surface area (Å²) in [6, 6.07) is 9.48. The first-order valence-corrected chi connectivity index (χ1v) is 8.40. The van der Waals surface area contributed by atoms with Gasteiger partial charge in [-0.25, -0.2) is 0 Å². The quantitative estimate of drug-likeness (QED) is 0.922. The lowest BCUT2D eigenvalue weighted by Crippen LogP contribution is -2.49. The first-order chi connectivity index (χ1) is 10.3. The van der Waals surface area contributed by atoms with Gasteiger partial charge in [0.05, 0.1) is 12.7 Å². The van der Waals surface area contributed by atoms with Crippen LogP contribution >= 0.6 is 0 Å². The van der Waals surface area contributed by atoms with E-state index in [1.807, 2.05) is 0 Å². The van der Waals surface area contributed by atoms with Gasteiger partial charge in [0.2, 0.25) is 0 Å². The molecule has 3 rings (SSSR count). The second-order valence-corrected chi connectivity index (χ2v) is 6.42. The Balaban J connectivity index is 1.65. The van der Waals surface area contributed by atoms with Gasteiger partial charge in [-0.3, -0.25) is 0 Å². The summed E-state index contributed by atoms with van der Waals surface area (Å²) in [4.78, 5) is 2.61. The lowest BCUT2D eigenvalue weighted by Gasteiger charge is -2.40. The van der Waals surface area contributed by atoms with Crippen LogP contribution in [0.5, 0.6) is 0 Å². The number of hydrogen-bond donors (Lipinski definition) is 1. The van der Waals surface area contributed by atoms with E-state index in [4.69, 9.17) is 4.74 Å². The summed E-state index contributed by atoms with van der Waals surface area (Å²) < 4.78 is 6.07. The van der Waals surface area contributed by atoms with Crippen LogP contribution in [-0.4, -0.2) is 44.2 Å². The van der Waals surface area contributed by atoms with Gasteiger partial charge in [-0.15, -0.1) is 0 Å². The Morgan fingerprint density at radius 3 is 3.00 bits per heavy atom. The Kier molecular flexibility index (Phi) is 4.94. The number of benzene rings is 1. The monoisotopic (exact) mass is 288 g/mol. The van der Waals surface area contributed by atoms with Crippen molar-refractivity contribution in [3.63, 3.8) is 0 Å². The van der Waals surface area contributed by atoms with Crippen LogP contribution in [0.25, 0.3) is 0 Å².